The summed E-state index contributed by atoms with van der Waals surface area (Å²) in [5.74, 6) is 0.0582. The van der Waals surface area contributed by atoms with Gasteiger partial charge in [0.1, 0.15) is 11.8 Å². The van der Waals surface area contributed by atoms with Gasteiger partial charge in [-0.25, -0.2) is 4.79 Å². The summed E-state index contributed by atoms with van der Waals surface area (Å²) in [5, 5.41) is 9.21. The Balaban J connectivity index is 1.89. The molecule has 1 aliphatic rings. The molecule has 120 valence electrons. The van der Waals surface area contributed by atoms with Crippen molar-refractivity contribution in [1.82, 2.24) is 4.90 Å². The number of carbonyl (C=O) groups excluding carboxylic acids is 1. The number of carboxylic acid groups (broad SMARTS) is 1. The van der Waals surface area contributed by atoms with Crippen LogP contribution in [0.4, 0.5) is 0 Å². The first-order valence-corrected chi connectivity index (χ1v) is 8.48. The average Bonchev–Trinajstić information content (AvgIpc) is 2.54. The Kier molecular flexibility index (Phi) is 6.12. The average molecular weight is 323 g/mol. The number of amides is 1. The zero-order valence-electron chi connectivity index (χ0n) is 12.7. The first kappa shape index (κ1) is 16.7. The van der Waals surface area contributed by atoms with E-state index in [9.17, 15) is 14.7 Å². The standard InChI is InChI=1S/C16H21NO4S/c1-2-21-12-6-8-13(9-7-12)22-11-15(18)17-10-4-3-5-14(17)16(19)20/h6-9,14H,2-5,10-11H2,1H3,(H,19,20)/t14-/m1/s1. The van der Waals surface area contributed by atoms with Gasteiger partial charge in [-0.2, -0.15) is 0 Å². The third-order valence-corrected chi connectivity index (χ3v) is 4.60. The lowest BCUT2D eigenvalue weighted by Crippen LogP contribution is -2.48. The van der Waals surface area contributed by atoms with Crippen LogP contribution in [0.1, 0.15) is 26.2 Å². The van der Waals surface area contributed by atoms with E-state index in [-0.39, 0.29) is 11.7 Å². The number of hydrogen-bond donors (Lipinski definition) is 1. The number of likely N-dealkylation sites (tertiary alicyclic amines) is 1. The monoisotopic (exact) mass is 323 g/mol. The highest BCUT2D eigenvalue weighted by Gasteiger charge is 2.31. The van der Waals surface area contributed by atoms with E-state index in [1.807, 2.05) is 31.2 Å². The molecule has 0 saturated carbocycles. The van der Waals surface area contributed by atoms with E-state index < -0.39 is 12.0 Å². The highest BCUT2D eigenvalue weighted by atomic mass is 32.2. The van der Waals surface area contributed by atoms with Crippen LogP contribution in [-0.4, -0.2) is 46.8 Å². The van der Waals surface area contributed by atoms with E-state index in [1.54, 1.807) is 0 Å². The Bertz CT molecular complexity index is 517. The first-order valence-electron chi connectivity index (χ1n) is 7.49. The van der Waals surface area contributed by atoms with E-state index in [2.05, 4.69) is 0 Å². The van der Waals surface area contributed by atoms with Gasteiger partial charge in [0, 0.05) is 11.4 Å². The molecule has 22 heavy (non-hydrogen) atoms. The fraction of sp³-hybridized carbons (Fsp3) is 0.500. The molecule has 6 heteroatoms. The lowest BCUT2D eigenvalue weighted by molar-refractivity contribution is -0.150. The molecule has 0 aromatic heterocycles. The fourth-order valence-corrected chi connectivity index (χ4v) is 3.30. The third-order valence-electron chi connectivity index (χ3n) is 3.61. The Morgan fingerprint density at radius 1 is 1.32 bits per heavy atom. The minimum absolute atomic E-state index is 0.106. The summed E-state index contributed by atoms with van der Waals surface area (Å²) in [6.07, 6.45) is 2.30. The Hall–Kier alpha value is -1.69. The zero-order valence-corrected chi connectivity index (χ0v) is 13.5. The summed E-state index contributed by atoms with van der Waals surface area (Å²) in [6.45, 7) is 3.09. The van der Waals surface area contributed by atoms with Crippen LogP contribution in [0.2, 0.25) is 0 Å². The molecule has 1 saturated heterocycles. The maximum atomic E-state index is 12.3. The molecule has 2 rings (SSSR count). The number of hydrogen-bond acceptors (Lipinski definition) is 4. The van der Waals surface area contributed by atoms with Crippen LogP contribution in [0.5, 0.6) is 5.75 Å². The van der Waals surface area contributed by atoms with Gasteiger partial charge in [-0.3, -0.25) is 4.79 Å². The van der Waals surface area contributed by atoms with Gasteiger partial charge in [0.2, 0.25) is 5.91 Å². The second kappa shape index (κ2) is 8.08. The maximum absolute atomic E-state index is 12.3. The van der Waals surface area contributed by atoms with Crippen molar-refractivity contribution in [2.75, 3.05) is 18.9 Å². The molecular formula is C16H21NO4S. The molecule has 1 aromatic rings. The summed E-state index contributed by atoms with van der Waals surface area (Å²) in [4.78, 5) is 26.0. The molecule has 1 atom stereocenters. The van der Waals surface area contributed by atoms with E-state index in [0.29, 0.717) is 19.6 Å². The molecule has 1 N–H and O–H groups in total. The van der Waals surface area contributed by atoms with Crippen molar-refractivity contribution in [2.45, 2.75) is 37.1 Å². The molecule has 1 aliphatic heterocycles. The van der Waals surface area contributed by atoms with Gasteiger partial charge in [0.05, 0.1) is 12.4 Å². The lowest BCUT2D eigenvalue weighted by Gasteiger charge is -2.32. The molecule has 0 spiro atoms. The van der Waals surface area contributed by atoms with Crippen LogP contribution in [0.25, 0.3) is 0 Å². The number of nitrogens with zero attached hydrogens (tertiary/aromatic N) is 1. The van der Waals surface area contributed by atoms with Gasteiger partial charge in [0.25, 0.3) is 0 Å². The normalized spacial score (nSPS) is 18.0. The molecule has 0 unspecified atom stereocenters. The lowest BCUT2D eigenvalue weighted by atomic mass is 10.0. The topological polar surface area (TPSA) is 66.8 Å². The van der Waals surface area contributed by atoms with Gasteiger partial charge in [-0.15, -0.1) is 11.8 Å². The van der Waals surface area contributed by atoms with Gasteiger partial charge in [-0.1, -0.05) is 0 Å². The second-order valence-corrected chi connectivity index (χ2v) is 6.18. The van der Waals surface area contributed by atoms with Crippen LogP contribution in [0, 0.1) is 0 Å². The number of carbonyl (C=O) groups is 2. The summed E-state index contributed by atoms with van der Waals surface area (Å²) in [7, 11) is 0. The summed E-state index contributed by atoms with van der Waals surface area (Å²) in [5.41, 5.74) is 0. The van der Waals surface area contributed by atoms with Crippen molar-refractivity contribution in [3.8, 4) is 5.75 Å². The zero-order chi connectivity index (χ0) is 15.9. The summed E-state index contributed by atoms with van der Waals surface area (Å²) in [6, 6.07) is 6.90. The maximum Gasteiger partial charge on any atom is 0.326 e. The first-order chi connectivity index (χ1) is 10.6. The van der Waals surface area contributed by atoms with Crippen molar-refractivity contribution in [3.05, 3.63) is 24.3 Å². The quantitative estimate of drug-likeness (QED) is 0.815. The molecule has 0 radical (unpaired) electrons. The Morgan fingerprint density at radius 2 is 2.05 bits per heavy atom. The molecule has 1 aromatic carbocycles. The molecule has 5 nitrogen and oxygen atoms in total. The summed E-state index contributed by atoms with van der Waals surface area (Å²) >= 11 is 1.42. The van der Waals surface area contributed by atoms with Crippen LogP contribution < -0.4 is 4.74 Å². The number of thioether (sulfide) groups is 1. The number of aliphatic carboxylic acids is 1. The molecular weight excluding hydrogens is 302 g/mol. The smallest absolute Gasteiger partial charge is 0.326 e. The van der Waals surface area contributed by atoms with Gasteiger partial charge in [-0.05, 0) is 50.5 Å². The van der Waals surface area contributed by atoms with Crippen molar-refractivity contribution < 1.29 is 19.4 Å². The predicted octanol–water partition coefficient (Wildman–Crippen LogP) is 2.64. The van der Waals surface area contributed by atoms with Crippen molar-refractivity contribution in [2.24, 2.45) is 0 Å². The SMILES string of the molecule is CCOc1ccc(SCC(=O)N2CCCC[C@@H]2C(=O)O)cc1. The van der Waals surface area contributed by atoms with Crippen LogP contribution >= 0.6 is 11.8 Å². The van der Waals surface area contributed by atoms with Crippen molar-refractivity contribution in [1.29, 1.82) is 0 Å². The van der Waals surface area contributed by atoms with E-state index in [0.717, 1.165) is 23.5 Å². The number of piperidine rings is 1. The molecule has 1 heterocycles. The molecule has 1 amide bonds. The summed E-state index contributed by atoms with van der Waals surface area (Å²) < 4.78 is 5.37. The van der Waals surface area contributed by atoms with E-state index in [1.165, 1.54) is 16.7 Å². The minimum atomic E-state index is -0.904. The Labute approximate surface area is 134 Å². The fourth-order valence-electron chi connectivity index (χ4n) is 2.51. The Morgan fingerprint density at radius 3 is 2.68 bits per heavy atom. The van der Waals surface area contributed by atoms with E-state index in [4.69, 9.17) is 4.74 Å². The predicted molar refractivity (Wildman–Crippen MR) is 85.3 cm³/mol. The van der Waals surface area contributed by atoms with Gasteiger partial charge in [0.15, 0.2) is 0 Å². The van der Waals surface area contributed by atoms with Crippen LogP contribution in [-0.2, 0) is 9.59 Å². The van der Waals surface area contributed by atoms with Crippen LogP contribution in [0.15, 0.2) is 29.2 Å². The highest BCUT2D eigenvalue weighted by molar-refractivity contribution is 8.00. The minimum Gasteiger partial charge on any atom is -0.494 e. The molecule has 0 aliphatic carbocycles. The van der Waals surface area contributed by atoms with Crippen molar-refractivity contribution in [3.63, 3.8) is 0 Å². The number of rotatable bonds is 6. The van der Waals surface area contributed by atoms with Gasteiger partial charge >= 0.3 is 5.97 Å². The van der Waals surface area contributed by atoms with Crippen LogP contribution in [0.3, 0.4) is 0 Å². The highest BCUT2D eigenvalue weighted by Crippen LogP contribution is 2.24. The largest absolute Gasteiger partial charge is 0.494 e. The molecule has 1 fully saturated rings. The third kappa shape index (κ3) is 4.40. The molecule has 0 bridgehead atoms. The second-order valence-electron chi connectivity index (χ2n) is 5.13. The number of ether oxygens (including phenoxy) is 1. The van der Waals surface area contributed by atoms with Gasteiger partial charge < -0.3 is 14.7 Å². The van der Waals surface area contributed by atoms with E-state index >= 15 is 0 Å². The van der Waals surface area contributed by atoms with Crippen molar-refractivity contribution >= 4 is 23.6 Å². The number of benzene rings is 1. The number of carboxylic acids is 1.